The average Bonchev–Trinajstić information content (AvgIpc) is 3.11. The van der Waals surface area contributed by atoms with Crippen LogP contribution in [0, 0.1) is 0 Å². The van der Waals surface area contributed by atoms with Crippen molar-refractivity contribution in [2.75, 3.05) is 18.1 Å². The number of cyclic esters (lactones) is 1. The van der Waals surface area contributed by atoms with Gasteiger partial charge >= 0.3 is 16.9 Å². The molecule has 3 rings (SSSR count). The molecular formula is C17H20N2O5S. The Kier molecular flexibility index (Phi) is 5.08. The van der Waals surface area contributed by atoms with E-state index in [1.165, 1.54) is 4.90 Å². The molecule has 7 nitrogen and oxygen atoms in total. The number of esters is 1. The van der Waals surface area contributed by atoms with Gasteiger partial charge in [-0.2, -0.15) is 0 Å². The van der Waals surface area contributed by atoms with Crippen LogP contribution < -0.4 is 9.77 Å². The monoisotopic (exact) mass is 364 g/mol. The lowest BCUT2D eigenvalue weighted by Crippen LogP contribution is -2.26. The Hall–Kier alpha value is -2.35. The molecule has 1 aliphatic heterocycles. The minimum atomic E-state index is -0.483. The van der Waals surface area contributed by atoms with Gasteiger partial charge < -0.3 is 9.47 Å². The summed E-state index contributed by atoms with van der Waals surface area (Å²) in [6.45, 7) is 4.80. The van der Waals surface area contributed by atoms with Crippen LogP contribution in [0.15, 0.2) is 23.0 Å². The second kappa shape index (κ2) is 7.26. The van der Waals surface area contributed by atoms with Gasteiger partial charge in [0.05, 0.1) is 16.8 Å². The van der Waals surface area contributed by atoms with E-state index in [0.29, 0.717) is 25.2 Å². The molecule has 0 aliphatic carbocycles. The maximum atomic E-state index is 12.1. The number of rotatable bonds is 6. The molecule has 1 aliphatic rings. The third-order valence-corrected chi connectivity index (χ3v) is 4.98. The number of carbonyl (C=O) groups excluding carboxylic acids is 2. The highest BCUT2D eigenvalue weighted by atomic mass is 32.1. The van der Waals surface area contributed by atoms with Crippen LogP contribution in [0.5, 0.6) is 0 Å². The third kappa shape index (κ3) is 3.53. The molecule has 25 heavy (non-hydrogen) atoms. The van der Waals surface area contributed by atoms with E-state index in [4.69, 9.17) is 9.47 Å². The fourth-order valence-corrected chi connectivity index (χ4v) is 3.79. The lowest BCUT2D eigenvalue weighted by atomic mass is 10.2. The molecule has 0 unspecified atom stereocenters. The van der Waals surface area contributed by atoms with E-state index >= 15 is 0 Å². The van der Waals surface area contributed by atoms with Gasteiger partial charge in [0.1, 0.15) is 6.61 Å². The van der Waals surface area contributed by atoms with Gasteiger partial charge in [-0.3, -0.25) is 19.1 Å². The second-order valence-electron chi connectivity index (χ2n) is 5.81. The SMILES string of the molecule is CCCC(=O)OC[C@H]1CN(c2ccc3c(c2)sc(=O)n3CC)C(=O)O1. The van der Waals surface area contributed by atoms with Crippen LogP contribution in [-0.2, 0) is 20.8 Å². The zero-order chi connectivity index (χ0) is 18.0. The predicted octanol–water partition coefficient (Wildman–Crippen LogP) is 2.75. The highest BCUT2D eigenvalue weighted by molar-refractivity contribution is 7.16. The van der Waals surface area contributed by atoms with Crippen molar-refractivity contribution in [3.05, 3.63) is 27.9 Å². The van der Waals surface area contributed by atoms with E-state index in [9.17, 15) is 14.4 Å². The molecule has 2 heterocycles. The van der Waals surface area contributed by atoms with E-state index < -0.39 is 12.2 Å². The number of hydrogen-bond donors (Lipinski definition) is 0. The number of amides is 1. The number of aryl methyl sites for hydroxylation is 1. The van der Waals surface area contributed by atoms with Gasteiger partial charge in [-0.15, -0.1) is 0 Å². The summed E-state index contributed by atoms with van der Waals surface area (Å²) >= 11 is 1.16. The molecule has 134 valence electrons. The quantitative estimate of drug-likeness (QED) is 0.737. The first-order chi connectivity index (χ1) is 12.0. The lowest BCUT2D eigenvalue weighted by Gasteiger charge is -2.13. The van der Waals surface area contributed by atoms with E-state index in [1.54, 1.807) is 10.6 Å². The molecule has 2 aromatic rings. The molecule has 0 spiro atoms. The van der Waals surface area contributed by atoms with Crippen LogP contribution in [-0.4, -0.2) is 35.9 Å². The maximum absolute atomic E-state index is 12.1. The summed E-state index contributed by atoms with van der Waals surface area (Å²) in [7, 11) is 0. The molecule has 1 amide bonds. The number of nitrogens with zero attached hydrogens (tertiary/aromatic N) is 2. The van der Waals surface area contributed by atoms with E-state index in [-0.39, 0.29) is 17.4 Å². The second-order valence-corrected chi connectivity index (χ2v) is 6.81. The van der Waals surface area contributed by atoms with Gasteiger partial charge in [0.15, 0.2) is 6.10 Å². The van der Waals surface area contributed by atoms with Crippen molar-refractivity contribution in [1.82, 2.24) is 4.57 Å². The summed E-state index contributed by atoms with van der Waals surface area (Å²) in [5.74, 6) is -0.288. The molecule has 1 aromatic heterocycles. The summed E-state index contributed by atoms with van der Waals surface area (Å²) < 4.78 is 12.9. The number of hydrogen-bond acceptors (Lipinski definition) is 6. The fraction of sp³-hybridized carbons (Fsp3) is 0.471. The number of fused-ring (bicyclic) bond motifs is 1. The topological polar surface area (TPSA) is 77.8 Å². The fourth-order valence-electron chi connectivity index (χ4n) is 2.80. The Morgan fingerprint density at radius 1 is 1.36 bits per heavy atom. The highest BCUT2D eigenvalue weighted by Gasteiger charge is 2.33. The molecule has 8 heteroatoms. The van der Waals surface area contributed by atoms with Crippen molar-refractivity contribution in [1.29, 1.82) is 0 Å². The van der Waals surface area contributed by atoms with Crippen LogP contribution in [0.2, 0.25) is 0 Å². The molecule has 1 atom stereocenters. The molecule has 0 saturated carbocycles. The molecule has 1 aromatic carbocycles. The molecule has 0 bridgehead atoms. The summed E-state index contributed by atoms with van der Waals surface area (Å²) in [6, 6.07) is 5.46. The standard InChI is InChI=1S/C17H20N2O5S/c1-3-5-15(20)23-10-12-9-19(16(21)24-12)11-6-7-13-14(8-11)25-17(22)18(13)4-2/h6-8,12H,3-5,9-10H2,1-2H3/t12-/m1/s1. The summed E-state index contributed by atoms with van der Waals surface area (Å²) in [4.78, 5) is 37.0. The van der Waals surface area contributed by atoms with E-state index in [2.05, 4.69) is 0 Å². The third-order valence-electron chi connectivity index (χ3n) is 4.04. The number of carbonyl (C=O) groups is 2. The summed E-state index contributed by atoms with van der Waals surface area (Å²) in [5.41, 5.74) is 1.53. The van der Waals surface area contributed by atoms with Crippen molar-refractivity contribution < 1.29 is 19.1 Å². The number of anilines is 1. The minimum absolute atomic E-state index is 0.0145. The van der Waals surface area contributed by atoms with Gasteiger partial charge in [0, 0.05) is 18.7 Å². The Morgan fingerprint density at radius 2 is 2.16 bits per heavy atom. The van der Waals surface area contributed by atoms with Crippen molar-refractivity contribution >= 4 is 39.3 Å². The number of ether oxygens (including phenoxy) is 2. The zero-order valence-electron chi connectivity index (χ0n) is 14.2. The summed E-state index contributed by atoms with van der Waals surface area (Å²) in [6.07, 6.45) is 0.116. The van der Waals surface area contributed by atoms with Crippen molar-refractivity contribution in [2.24, 2.45) is 0 Å². The van der Waals surface area contributed by atoms with Crippen LogP contribution >= 0.6 is 11.3 Å². The zero-order valence-corrected chi connectivity index (χ0v) is 15.0. The van der Waals surface area contributed by atoms with Gasteiger partial charge in [-0.05, 0) is 31.5 Å². The van der Waals surface area contributed by atoms with Crippen molar-refractivity contribution in [3.63, 3.8) is 0 Å². The average molecular weight is 364 g/mol. The number of aromatic nitrogens is 1. The van der Waals surface area contributed by atoms with Crippen LogP contribution in [0.25, 0.3) is 10.2 Å². The Morgan fingerprint density at radius 3 is 2.88 bits per heavy atom. The molecule has 1 saturated heterocycles. The first kappa shape index (κ1) is 17.5. The smallest absolute Gasteiger partial charge is 0.414 e. The number of thiazole rings is 1. The van der Waals surface area contributed by atoms with Crippen molar-refractivity contribution in [2.45, 2.75) is 39.3 Å². The Balaban J connectivity index is 1.73. The van der Waals surface area contributed by atoms with Gasteiger partial charge in [0.2, 0.25) is 0 Å². The molecular weight excluding hydrogens is 344 g/mol. The maximum Gasteiger partial charge on any atom is 0.414 e. The number of benzene rings is 1. The van der Waals surface area contributed by atoms with Crippen LogP contribution in [0.1, 0.15) is 26.7 Å². The Bertz CT molecular complexity index is 856. The van der Waals surface area contributed by atoms with Gasteiger partial charge in [-0.1, -0.05) is 18.3 Å². The van der Waals surface area contributed by atoms with Crippen LogP contribution in [0.4, 0.5) is 10.5 Å². The normalized spacial score (nSPS) is 17.1. The van der Waals surface area contributed by atoms with E-state index in [1.807, 2.05) is 26.0 Å². The van der Waals surface area contributed by atoms with Crippen molar-refractivity contribution in [3.8, 4) is 0 Å². The molecule has 0 radical (unpaired) electrons. The van der Waals surface area contributed by atoms with Crippen LogP contribution in [0.3, 0.4) is 0 Å². The van der Waals surface area contributed by atoms with E-state index in [0.717, 1.165) is 28.0 Å². The predicted molar refractivity (Wildman–Crippen MR) is 95.2 cm³/mol. The molecule has 1 fully saturated rings. The molecule has 0 N–H and O–H groups in total. The first-order valence-corrected chi connectivity index (χ1v) is 9.12. The van der Waals surface area contributed by atoms with Gasteiger partial charge in [-0.25, -0.2) is 4.79 Å². The van der Waals surface area contributed by atoms with Gasteiger partial charge in [0.25, 0.3) is 0 Å². The minimum Gasteiger partial charge on any atom is -0.462 e. The highest BCUT2D eigenvalue weighted by Crippen LogP contribution is 2.27. The summed E-state index contributed by atoms with van der Waals surface area (Å²) in [5, 5.41) is 0. The first-order valence-electron chi connectivity index (χ1n) is 8.30. The lowest BCUT2D eigenvalue weighted by molar-refractivity contribution is -0.146. The largest absolute Gasteiger partial charge is 0.462 e. The Labute approximate surface area is 148 Å².